The van der Waals surface area contributed by atoms with Gasteiger partial charge in [0.2, 0.25) is 5.91 Å². The standard InChI is InChI=1S/C10H20N2O3/c1-10(6-13,7-14)12-8-3-2-4-11-9(15)5-8/h8,12-14H,2-7H2,1H3,(H,11,15). The Bertz CT molecular complexity index is 217. The van der Waals surface area contributed by atoms with Crippen molar-refractivity contribution in [3.8, 4) is 0 Å². The third-order valence-corrected chi connectivity index (χ3v) is 2.73. The van der Waals surface area contributed by atoms with Gasteiger partial charge in [-0.1, -0.05) is 0 Å². The van der Waals surface area contributed by atoms with Crippen LogP contribution in [0, 0.1) is 0 Å². The minimum atomic E-state index is -0.699. The van der Waals surface area contributed by atoms with Crippen molar-refractivity contribution in [2.45, 2.75) is 37.8 Å². The summed E-state index contributed by atoms with van der Waals surface area (Å²) in [5.41, 5.74) is -0.699. The zero-order valence-corrected chi connectivity index (χ0v) is 9.12. The lowest BCUT2D eigenvalue weighted by Gasteiger charge is -2.31. The minimum absolute atomic E-state index is 0.0308. The van der Waals surface area contributed by atoms with E-state index in [1.54, 1.807) is 6.92 Å². The van der Waals surface area contributed by atoms with Crippen LogP contribution in [-0.2, 0) is 4.79 Å². The molecule has 1 aliphatic heterocycles. The number of amides is 1. The number of carbonyl (C=O) groups is 1. The molecule has 1 rings (SSSR count). The molecule has 1 fully saturated rings. The molecule has 5 nitrogen and oxygen atoms in total. The second kappa shape index (κ2) is 5.44. The number of carbonyl (C=O) groups excluding carboxylic acids is 1. The van der Waals surface area contributed by atoms with Gasteiger partial charge in [0.15, 0.2) is 0 Å². The molecule has 88 valence electrons. The van der Waals surface area contributed by atoms with E-state index in [0.29, 0.717) is 13.0 Å². The number of nitrogens with one attached hydrogen (secondary N) is 2. The third-order valence-electron chi connectivity index (χ3n) is 2.73. The van der Waals surface area contributed by atoms with Gasteiger partial charge in [0.25, 0.3) is 0 Å². The second-order valence-electron chi connectivity index (χ2n) is 4.41. The van der Waals surface area contributed by atoms with E-state index in [1.165, 1.54) is 0 Å². The number of aliphatic hydroxyl groups is 2. The fraction of sp³-hybridized carbons (Fsp3) is 0.900. The molecular formula is C10H20N2O3. The van der Waals surface area contributed by atoms with Crippen LogP contribution in [0.1, 0.15) is 26.2 Å². The summed E-state index contributed by atoms with van der Waals surface area (Å²) in [7, 11) is 0. The molecule has 0 radical (unpaired) electrons. The van der Waals surface area contributed by atoms with E-state index >= 15 is 0 Å². The molecule has 0 spiro atoms. The molecule has 1 aliphatic rings. The first kappa shape index (κ1) is 12.4. The average Bonchev–Trinajstić information content (AvgIpc) is 2.42. The molecule has 1 heterocycles. The topological polar surface area (TPSA) is 81.6 Å². The predicted molar refractivity (Wildman–Crippen MR) is 56.4 cm³/mol. The highest BCUT2D eigenvalue weighted by atomic mass is 16.3. The Hall–Kier alpha value is -0.650. The van der Waals surface area contributed by atoms with Gasteiger partial charge in [-0.15, -0.1) is 0 Å². The van der Waals surface area contributed by atoms with Crippen LogP contribution in [0.15, 0.2) is 0 Å². The SMILES string of the molecule is CC(CO)(CO)NC1CCCNC(=O)C1. The van der Waals surface area contributed by atoms with Crippen molar-refractivity contribution in [1.82, 2.24) is 10.6 Å². The number of hydrogen-bond acceptors (Lipinski definition) is 4. The summed E-state index contributed by atoms with van der Waals surface area (Å²) in [4.78, 5) is 11.3. The van der Waals surface area contributed by atoms with Gasteiger partial charge in [0.1, 0.15) is 0 Å². The van der Waals surface area contributed by atoms with Crippen LogP contribution >= 0.6 is 0 Å². The first-order valence-corrected chi connectivity index (χ1v) is 5.36. The molecule has 1 atom stereocenters. The second-order valence-corrected chi connectivity index (χ2v) is 4.41. The van der Waals surface area contributed by atoms with Gasteiger partial charge in [0, 0.05) is 19.0 Å². The highest BCUT2D eigenvalue weighted by Crippen LogP contribution is 2.11. The van der Waals surface area contributed by atoms with Crippen molar-refractivity contribution in [2.75, 3.05) is 19.8 Å². The zero-order valence-electron chi connectivity index (χ0n) is 9.12. The number of rotatable bonds is 4. The summed E-state index contributed by atoms with van der Waals surface area (Å²) in [6.45, 7) is 2.19. The van der Waals surface area contributed by atoms with Gasteiger partial charge < -0.3 is 20.8 Å². The van der Waals surface area contributed by atoms with E-state index in [4.69, 9.17) is 10.2 Å². The Morgan fingerprint density at radius 2 is 2.20 bits per heavy atom. The fourth-order valence-electron chi connectivity index (χ4n) is 1.73. The molecule has 1 saturated heterocycles. The Morgan fingerprint density at radius 1 is 1.53 bits per heavy atom. The number of hydrogen-bond donors (Lipinski definition) is 4. The normalized spacial score (nSPS) is 23.4. The predicted octanol–water partition coefficient (Wildman–Crippen LogP) is -1.01. The largest absolute Gasteiger partial charge is 0.394 e. The van der Waals surface area contributed by atoms with Crippen LogP contribution in [0.25, 0.3) is 0 Å². The fourth-order valence-corrected chi connectivity index (χ4v) is 1.73. The van der Waals surface area contributed by atoms with E-state index < -0.39 is 5.54 Å². The van der Waals surface area contributed by atoms with E-state index in [0.717, 1.165) is 12.8 Å². The van der Waals surface area contributed by atoms with E-state index in [2.05, 4.69) is 10.6 Å². The number of aliphatic hydroxyl groups excluding tert-OH is 2. The molecule has 0 bridgehead atoms. The summed E-state index contributed by atoms with van der Waals surface area (Å²) >= 11 is 0. The van der Waals surface area contributed by atoms with Crippen LogP contribution in [0.5, 0.6) is 0 Å². The van der Waals surface area contributed by atoms with Crippen LogP contribution < -0.4 is 10.6 Å². The third kappa shape index (κ3) is 3.77. The van der Waals surface area contributed by atoms with Crippen LogP contribution in [0.3, 0.4) is 0 Å². The highest BCUT2D eigenvalue weighted by molar-refractivity contribution is 5.76. The monoisotopic (exact) mass is 216 g/mol. The Morgan fingerprint density at radius 3 is 2.80 bits per heavy atom. The van der Waals surface area contributed by atoms with Gasteiger partial charge in [0.05, 0.1) is 18.8 Å². The van der Waals surface area contributed by atoms with Crippen molar-refractivity contribution >= 4 is 5.91 Å². The average molecular weight is 216 g/mol. The van der Waals surface area contributed by atoms with Crippen molar-refractivity contribution in [2.24, 2.45) is 0 Å². The van der Waals surface area contributed by atoms with Gasteiger partial charge in [-0.25, -0.2) is 0 Å². The smallest absolute Gasteiger partial charge is 0.221 e. The van der Waals surface area contributed by atoms with Crippen molar-refractivity contribution < 1.29 is 15.0 Å². The van der Waals surface area contributed by atoms with Crippen molar-refractivity contribution in [1.29, 1.82) is 0 Å². The molecule has 5 heteroatoms. The lowest BCUT2D eigenvalue weighted by atomic mass is 10.0. The molecule has 1 amide bonds. The van der Waals surface area contributed by atoms with Gasteiger partial charge in [-0.3, -0.25) is 4.79 Å². The molecule has 0 aliphatic carbocycles. The Balaban J connectivity index is 2.51. The maximum atomic E-state index is 11.3. The maximum absolute atomic E-state index is 11.3. The maximum Gasteiger partial charge on any atom is 0.221 e. The highest BCUT2D eigenvalue weighted by Gasteiger charge is 2.27. The summed E-state index contributed by atoms with van der Waals surface area (Å²) in [5, 5.41) is 24.2. The van der Waals surface area contributed by atoms with Gasteiger partial charge in [-0.05, 0) is 19.8 Å². The molecule has 0 aromatic carbocycles. The van der Waals surface area contributed by atoms with Crippen LogP contribution in [0.2, 0.25) is 0 Å². The molecule has 1 unspecified atom stereocenters. The van der Waals surface area contributed by atoms with E-state index in [9.17, 15) is 4.79 Å². The molecule has 0 aromatic rings. The quantitative estimate of drug-likeness (QED) is 0.485. The first-order chi connectivity index (χ1) is 7.09. The summed E-state index contributed by atoms with van der Waals surface area (Å²) in [6.07, 6.45) is 2.22. The van der Waals surface area contributed by atoms with E-state index in [1.807, 2.05) is 0 Å². The van der Waals surface area contributed by atoms with Crippen LogP contribution in [-0.4, -0.2) is 47.5 Å². The zero-order chi connectivity index (χ0) is 11.3. The first-order valence-electron chi connectivity index (χ1n) is 5.36. The summed E-state index contributed by atoms with van der Waals surface area (Å²) < 4.78 is 0. The molecule has 4 N–H and O–H groups in total. The van der Waals surface area contributed by atoms with Crippen molar-refractivity contribution in [3.63, 3.8) is 0 Å². The molecule has 0 aromatic heterocycles. The molecular weight excluding hydrogens is 196 g/mol. The van der Waals surface area contributed by atoms with Gasteiger partial charge in [-0.2, -0.15) is 0 Å². The van der Waals surface area contributed by atoms with Crippen LogP contribution in [0.4, 0.5) is 0 Å². The van der Waals surface area contributed by atoms with E-state index in [-0.39, 0.29) is 25.2 Å². The lowest BCUT2D eigenvalue weighted by Crippen LogP contribution is -2.53. The minimum Gasteiger partial charge on any atom is -0.394 e. The molecule has 15 heavy (non-hydrogen) atoms. The Labute approximate surface area is 89.9 Å². The molecule has 0 saturated carbocycles. The summed E-state index contributed by atoms with van der Waals surface area (Å²) in [5.74, 6) is 0.0308. The van der Waals surface area contributed by atoms with Gasteiger partial charge >= 0.3 is 0 Å². The Kier molecular flexibility index (Phi) is 4.50. The van der Waals surface area contributed by atoms with Crippen molar-refractivity contribution in [3.05, 3.63) is 0 Å². The lowest BCUT2D eigenvalue weighted by molar-refractivity contribution is -0.121. The summed E-state index contributed by atoms with van der Waals surface area (Å²) in [6, 6.07) is 0.0387.